The standard InChI is InChI=1S/C27H39NO5/c1-18-6-11-23-19(2)24(30-25-27(23)22(18)12-13-26(3,31-25)32-33-27)29-17-21-9-7-20(8-10-21)16-28-14-4-5-15-28/h7-10,18-19,22-25H,4-6,11-17H2,1-3H3/t18-,19-,22+,23?,24+,25?,26-,27-/m1/s1. The van der Waals surface area contributed by atoms with Crippen LogP contribution in [0.5, 0.6) is 0 Å². The molecule has 8 atom stereocenters. The number of likely N-dealkylation sites (tertiary alicyclic amines) is 1. The van der Waals surface area contributed by atoms with Crippen LogP contribution in [0.2, 0.25) is 0 Å². The predicted molar refractivity (Wildman–Crippen MR) is 123 cm³/mol. The second-order valence-electron chi connectivity index (χ2n) is 11.4. The summed E-state index contributed by atoms with van der Waals surface area (Å²) in [4.78, 5) is 14.7. The fourth-order valence-corrected chi connectivity index (χ4v) is 7.18. The Hall–Kier alpha value is -1.02. The molecule has 182 valence electrons. The lowest BCUT2D eigenvalue weighted by atomic mass is 9.58. The molecule has 0 amide bonds. The Morgan fingerprint density at radius 3 is 2.52 bits per heavy atom. The zero-order valence-electron chi connectivity index (χ0n) is 20.3. The Morgan fingerprint density at radius 1 is 0.970 bits per heavy atom. The van der Waals surface area contributed by atoms with Crippen molar-refractivity contribution in [2.45, 2.75) is 96.4 Å². The average molecular weight is 458 g/mol. The summed E-state index contributed by atoms with van der Waals surface area (Å²) >= 11 is 0. The van der Waals surface area contributed by atoms with Gasteiger partial charge < -0.3 is 14.2 Å². The van der Waals surface area contributed by atoms with Crippen molar-refractivity contribution in [3.63, 3.8) is 0 Å². The molecule has 6 aliphatic rings. The lowest BCUT2D eigenvalue weighted by Gasteiger charge is -2.60. The Balaban J connectivity index is 1.15. The summed E-state index contributed by atoms with van der Waals surface area (Å²) in [5.41, 5.74) is 2.03. The summed E-state index contributed by atoms with van der Waals surface area (Å²) in [6.45, 7) is 10.6. The zero-order chi connectivity index (χ0) is 22.6. The number of rotatable bonds is 5. The molecule has 7 rings (SSSR count). The minimum Gasteiger partial charge on any atom is -0.348 e. The SMILES string of the molecule is C[C@@H]1CCC2[C@@H](C)[C@@H](OCc3ccc(CN4CCCC4)cc3)OC3O[C@@]4(C)CC[C@@H]1[C@]32OO4. The molecule has 0 radical (unpaired) electrons. The average Bonchev–Trinajstić information content (AvgIpc) is 3.22. The largest absolute Gasteiger partial charge is 0.348 e. The molecule has 6 heteroatoms. The van der Waals surface area contributed by atoms with Gasteiger partial charge in [-0.25, -0.2) is 9.78 Å². The third-order valence-electron chi connectivity index (χ3n) is 9.14. The van der Waals surface area contributed by atoms with Crippen LogP contribution in [0.15, 0.2) is 24.3 Å². The van der Waals surface area contributed by atoms with Crippen LogP contribution in [0, 0.1) is 23.7 Å². The third-order valence-corrected chi connectivity index (χ3v) is 9.14. The molecule has 1 saturated carbocycles. The fraction of sp³-hybridized carbons (Fsp3) is 0.778. The van der Waals surface area contributed by atoms with Crippen molar-refractivity contribution >= 4 is 0 Å². The molecule has 2 unspecified atom stereocenters. The lowest BCUT2D eigenvalue weighted by Crippen LogP contribution is -2.70. The molecule has 2 bridgehead atoms. The summed E-state index contributed by atoms with van der Waals surface area (Å²) in [6.07, 6.45) is 6.09. The van der Waals surface area contributed by atoms with Crippen molar-refractivity contribution in [1.82, 2.24) is 4.90 Å². The molecule has 1 aromatic rings. The van der Waals surface area contributed by atoms with E-state index in [-0.39, 0.29) is 12.2 Å². The second kappa shape index (κ2) is 8.58. The smallest absolute Gasteiger partial charge is 0.201 e. The number of ether oxygens (including phenoxy) is 3. The highest BCUT2D eigenvalue weighted by atomic mass is 17.3. The topological polar surface area (TPSA) is 49.4 Å². The van der Waals surface area contributed by atoms with Crippen molar-refractivity contribution in [3.8, 4) is 0 Å². The molecule has 1 spiro atoms. The van der Waals surface area contributed by atoms with Gasteiger partial charge in [-0.2, -0.15) is 0 Å². The molecule has 5 aliphatic heterocycles. The lowest BCUT2D eigenvalue weighted by molar-refractivity contribution is -0.577. The molecule has 5 saturated heterocycles. The number of fused-ring (bicyclic) bond motifs is 2. The van der Waals surface area contributed by atoms with Crippen LogP contribution in [0.4, 0.5) is 0 Å². The van der Waals surface area contributed by atoms with Crippen molar-refractivity contribution in [2.24, 2.45) is 23.7 Å². The maximum atomic E-state index is 6.54. The molecule has 0 aromatic heterocycles. The van der Waals surface area contributed by atoms with Crippen molar-refractivity contribution in [2.75, 3.05) is 13.1 Å². The monoisotopic (exact) mass is 457 g/mol. The molecular formula is C27H39NO5. The molecule has 33 heavy (non-hydrogen) atoms. The molecule has 6 nitrogen and oxygen atoms in total. The predicted octanol–water partition coefficient (Wildman–Crippen LogP) is 5.01. The van der Waals surface area contributed by atoms with E-state index >= 15 is 0 Å². The molecule has 5 heterocycles. The molecule has 0 N–H and O–H groups in total. The van der Waals surface area contributed by atoms with Gasteiger partial charge in [0.25, 0.3) is 0 Å². The molecule has 1 aromatic carbocycles. The van der Waals surface area contributed by atoms with Crippen LogP contribution in [0.3, 0.4) is 0 Å². The van der Waals surface area contributed by atoms with E-state index in [9.17, 15) is 0 Å². The highest BCUT2D eigenvalue weighted by Crippen LogP contribution is 2.60. The van der Waals surface area contributed by atoms with Gasteiger partial charge in [0.1, 0.15) is 0 Å². The van der Waals surface area contributed by atoms with Crippen LogP contribution in [-0.2, 0) is 37.1 Å². The second-order valence-corrected chi connectivity index (χ2v) is 11.4. The fourth-order valence-electron chi connectivity index (χ4n) is 7.18. The van der Waals surface area contributed by atoms with Crippen LogP contribution < -0.4 is 0 Å². The van der Waals surface area contributed by atoms with Gasteiger partial charge in [0.05, 0.1) is 6.61 Å². The van der Waals surface area contributed by atoms with Gasteiger partial charge in [-0.3, -0.25) is 4.90 Å². The summed E-state index contributed by atoms with van der Waals surface area (Å²) in [5.74, 6) is 0.725. The van der Waals surface area contributed by atoms with Crippen LogP contribution in [-0.4, -0.2) is 42.0 Å². The minimum atomic E-state index is -0.742. The van der Waals surface area contributed by atoms with E-state index < -0.39 is 17.7 Å². The van der Waals surface area contributed by atoms with E-state index in [1.807, 2.05) is 6.92 Å². The molecule has 1 aliphatic carbocycles. The van der Waals surface area contributed by atoms with Crippen molar-refractivity contribution in [1.29, 1.82) is 0 Å². The van der Waals surface area contributed by atoms with E-state index in [4.69, 9.17) is 24.0 Å². The first-order valence-electron chi connectivity index (χ1n) is 13.1. The molecular weight excluding hydrogens is 418 g/mol. The molecule has 6 fully saturated rings. The zero-order valence-corrected chi connectivity index (χ0v) is 20.3. The Bertz CT molecular complexity index is 841. The van der Waals surface area contributed by atoms with E-state index in [2.05, 4.69) is 43.0 Å². The van der Waals surface area contributed by atoms with Gasteiger partial charge in [0.15, 0.2) is 18.2 Å². The summed E-state index contributed by atoms with van der Waals surface area (Å²) < 4.78 is 19.4. The van der Waals surface area contributed by atoms with Crippen LogP contribution in [0.25, 0.3) is 0 Å². The summed E-state index contributed by atoms with van der Waals surface area (Å²) in [5, 5.41) is 0. The first-order chi connectivity index (χ1) is 16.0. The van der Waals surface area contributed by atoms with Gasteiger partial charge in [-0.1, -0.05) is 38.1 Å². The van der Waals surface area contributed by atoms with Crippen molar-refractivity contribution in [3.05, 3.63) is 35.4 Å². The third kappa shape index (κ3) is 3.87. The maximum Gasteiger partial charge on any atom is 0.201 e. The quantitative estimate of drug-likeness (QED) is 0.580. The van der Waals surface area contributed by atoms with Crippen LogP contribution >= 0.6 is 0 Å². The Labute approximate surface area is 197 Å². The first kappa shape index (κ1) is 22.4. The highest BCUT2D eigenvalue weighted by molar-refractivity contribution is 5.22. The van der Waals surface area contributed by atoms with Crippen LogP contribution in [0.1, 0.15) is 70.4 Å². The van der Waals surface area contributed by atoms with Gasteiger partial charge in [0, 0.05) is 24.8 Å². The first-order valence-corrected chi connectivity index (χ1v) is 13.1. The Kier molecular flexibility index (Phi) is 5.83. The number of nitrogens with zero attached hydrogens (tertiary/aromatic N) is 1. The summed E-state index contributed by atoms with van der Waals surface area (Å²) in [6, 6.07) is 8.87. The number of hydrogen-bond donors (Lipinski definition) is 0. The van der Waals surface area contributed by atoms with Gasteiger partial charge in [0.2, 0.25) is 5.79 Å². The normalized spacial score (nSPS) is 45.1. The Morgan fingerprint density at radius 2 is 1.73 bits per heavy atom. The van der Waals surface area contributed by atoms with Gasteiger partial charge in [-0.05, 0) is 75.1 Å². The van der Waals surface area contributed by atoms with Gasteiger partial charge in [-0.15, -0.1) is 0 Å². The van der Waals surface area contributed by atoms with Crippen molar-refractivity contribution < 1.29 is 24.0 Å². The highest BCUT2D eigenvalue weighted by Gasteiger charge is 2.69. The van der Waals surface area contributed by atoms with E-state index in [0.29, 0.717) is 24.4 Å². The summed E-state index contributed by atoms with van der Waals surface area (Å²) in [7, 11) is 0. The number of benzene rings is 1. The number of hydrogen-bond acceptors (Lipinski definition) is 6. The maximum absolute atomic E-state index is 6.54. The van der Waals surface area contributed by atoms with E-state index in [1.165, 1.54) is 43.5 Å². The van der Waals surface area contributed by atoms with E-state index in [0.717, 1.165) is 25.8 Å². The van der Waals surface area contributed by atoms with E-state index in [1.54, 1.807) is 0 Å². The van der Waals surface area contributed by atoms with Gasteiger partial charge >= 0.3 is 0 Å². The minimum absolute atomic E-state index is 0.209.